The molecule has 0 saturated heterocycles. The van der Waals surface area contributed by atoms with Crippen molar-refractivity contribution in [3.8, 4) is 0 Å². The van der Waals surface area contributed by atoms with Crippen LogP contribution in [0.2, 0.25) is 0 Å². The minimum absolute atomic E-state index is 0.217. The summed E-state index contributed by atoms with van der Waals surface area (Å²) >= 11 is 0. The van der Waals surface area contributed by atoms with Crippen molar-refractivity contribution in [2.45, 2.75) is 19.9 Å². The van der Waals surface area contributed by atoms with Crippen LogP contribution in [-0.4, -0.2) is 37.5 Å². The first kappa shape index (κ1) is 15.3. The SMILES string of the molecule is CC(C)C(CN(C)C)Nc1cc(N)ccc1C(N)=O. The average molecular weight is 264 g/mol. The fraction of sp³-hybridized carbons (Fsp3) is 0.500. The fourth-order valence-electron chi connectivity index (χ4n) is 1.91. The van der Waals surface area contributed by atoms with Crippen LogP contribution in [0.3, 0.4) is 0 Å². The van der Waals surface area contributed by atoms with E-state index in [-0.39, 0.29) is 6.04 Å². The number of hydrogen-bond donors (Lipinski definition) is 3. The van der Waals surface area contributed by atoms with Crippen LogP contribution in [-0.2, 0) is 0 Å². The topological polar surface area (TPSA) is 84.4 Å². The second-order valence-electron chi connectivity index (χ2n) is 5.43. The molecule has 0 aromatic heterocycles. The fourth-order valence-corrected chi connectivity index (χ4v) is 1.91. The van der Waals surface area contributed by atoms with Gasteiger partial charge in [0.25, 0.3) is 5.91 Å². The first-order chi connectivity index (χ1) is 8.81. The third-order valence-electron chi connectivity index (χ3n) is 3.02. The van der Waals surface area contributed by atoms with E-state index in [1.165, 1.54) is 0 Å². The molecule has 0 spiro atoms. The summed E-state index contributed by atoms with van der Waals surface area (Å²) in [6, 6.07) is 5.31. The Balaban J connectivity index is 3.01. The standard InChI is InChI=1S/C14H24N4O/c1-9(2)13(8-18(3)4)17-12-7-10(15)5-6-11(12)14(16)19/h5-7,9,13,17H,8,15H2,1-4H3,(H2,16,19). The molecule has 0 fully saturated rings. The summed E-state index contributed by atoms with van der Waals surface area (Å²) in [5.74, 6) is -0.0283. The number of likely N-dealkylation sites (N-methyl/N-ethyl adjacent to an activating group) is 1. The Labute approximate surface area is 115 Å². The van der Waals surface area contributed by atoms with Gasteiger partial charge in [0.05, 0.1) is 5.56 Å². The normalized spacial score (nSPS) is 12.7. The summed E-state index contributed by atoms with van der Waals surface area (Å²) in [5.41, 5.74) is 12.9. The summed E-state index contributed by atoms with van der Waals surface area (Å²) < 4.78 is 0. The molecule has 5 N–H and O–H groups in total. The summed E-state index contributed by atoms with van der Waals surface area (Å²) in [7, 11) is 4.04. The Morgan fingerprint density at radius 2 is 2.00 bits per heavy atom. The number of carbonyl (C=O) groups is 1. The number of nitrogens with one attached hydrogen (secondary N) is 1. The molecule has 0 bridgehead atoms. The van der Waals surface area contributed by atoms with Crippen molar-refractivity contribution in [1.29, 1.82) is 0 Å². The van der Waals surface area contributed by atoms with Crippen LogP contribution in [0, 0.1) is 5.92 Å². The number of nitrogens with zero attached hydrogens (tertiary/aromatic N) is 1. The Bertz CT molecular complexity index is 443. The van der Waals surface area contributed by atoms with Crippen molar-refractivity contribution >= 4 is 17.3 Å². The second kappa shape index (κ2) is 6.43. The molecular weight excluding hydrogens is 240 g/mol. The van der Waals surface area contributed by atoms with Crippen molar-refractivity contribution in [1.82, 2.24) is 4.90 Å². The first-order valence-corrected chi connectivity index (χ1v) is 6.42. The number of amides is 1. The van der Waals surface area contributed by atoms with Crippen LogP contribution in [0.25, 0.3) is 0 Å². The molecule has 19 heavy (non-hydrogen) atoms. The molecule has 0 radical (unpaired) electrons. The van der Waals surface area contributed by atoms with Crippen molar-refractivity contribution in [3.63, 3.8) is 0 Å². The van der Waals surface area contributed by atoms with E-state index in [1.807, 2.05) is 14.1 Å². The van der Waals surface area contributed by atoms with Crippen LogP contribution in [0.4, 0.5) is 11.4 Å². The van der Waals surface area contributed by atoms with E-state index in [0.29, 0.717) is 22.9 Å². The van der Waals surface area contributed by atoms with Gasteiger partial charge in [-0.2, -0.15) is 0 Å². The predicted octanol–water partition coefficient (Wildman–Crippen LogP) is 1.37. The van der Waals surface area contributed by atoms with Crippen molar-refractivity contribution in [3.05, 3.63) is 23.8 Å². The number of nitrogen functional groups attached to an aromatic ring is 1. The van der Waals surface area contributed by atoms with E-state index in [9.17, 15) is 4.79 Å². The lowest BCUT2D eigenvalue weighted by Gasteiger charge is -2.27. The highest BCUT2D eigenvalue weighted by atomic mass is 16.1. The van der Waals surface area contributed by atoms with Gasteiger partial charge in [-0.1, -0.05) is 13.8 Å². The minimum Gasteiger partial charge on any atom is -0.399 e. The highest BCUT2D eigenvalue weighted by Crippen LogP contribution is 2.21. The van der Waals surface area contributed by atoms with E-state index in [4.69, 9.17) is 11.5 Å². The third-order valence-corrected chi connectivity index (χ3v) is 3.02. The minimum atomic E-state index is -0.449. The maximum Gasteiger partial charge on any atom is 0.250 e. The van der Waals surface area contributed by atoms with Crippen molar-refractivity contribution < 1.29 is 4.79 Å². The van der Waals surface area contributed by atoms with Crippen LogP contribution in [0.5, 0.6) is 0 Å². The molecule has 5 nitrogen and oxygen atoms in total. The van der Waals surface area contributed by atoms with E-state index in [0.717, 1.165) is 6.54 Å². The van der Waals surface area contributed by atoms with Gasteiger partial charge in [0.2, 0.25) is 0 Å². The molecule has 0 heterocycles. The first-order valence-electron chi connectivity index (χ1n) is 6.42. The number of carbonyl (C=O) groups excluding carboxylic acids is 1. The third kappa shape index (κ3) is 4.44. The van der Waals surface area contributed by atoms with Gasteiger partial charge in [-0.3, -0.25) is 4.79 Å². The lowest BCUT2D eigenvalue weighted by molar-refractivity contribution is 0.100. The number of primary amides is 1. The summed E-state index contributed by atoms with van der Waals surface area (Å²) in [6.45, 7) is 5.14. The van der Waals surface area contributed by atoms with Crippen LogP contribution in [0.1, 0.15) is 24.2 Å². The quantitative estimate of drug-likeness (QED) is 0.677. The zero-order chi connectivity index (χ0) is 14.6. The smallest absolute Gasteiger partial charge is 0.250 e. The Morgan fingerprint density at radius 1 is 1.37 bits per heavy atom. The predicted molar refractivity (Wildman–Crippen MR) is 80.2 cm³/mol. The number of anilines is 2. The largest absolute Gasteiger partial charge is 0.399 e. The van der Waals surface area contributed by atoms with Crippen LogP contribution >= 0.6 is 0 Å². The highest BCUT2D eigenvalue weighted by Gasteiger charge is 2.17. The highest BCUT2D eigenvalue weighted by molar-refractivity contribution is 5.99. The van der Waals surface area contributed by atoms with Gasteiger partial charge in [0, 0.05) is 24.0 Å². The van der Waals surface area contributed by atoms with Crippen molar-refractivity contribution in [2.24, 2.45) is 11.7 Å². The number of rotatable bonds is 6. The molecule has 1 unspecified atom stereocenters. The van der Waals surface area contributed by atoms with E-state index in [2.05, 4.69) is 24.1 Å². The molecule has 0 aliphatic heterocycles. The molecular formula is C14H24N4O. The average Bonchev–Trinajstić information content (AvgIpc) is 2.26. The molecule has 5 heteroatoms. The van der Waals surface area contributed by atoms with E-state index >= 15 is 0 Å². The monoisotopic (exact) mass is 264 g/mol. The molecule has 1 atom stereocenters. The molecule has 1 rings (SSSR count). The van der Waals surface area contributed by atoms with Gasteiger partial charge in [0.15, 0.2) is 0 Å². The summed E-state index contributed by atoms with van der Waals surface area (Å²) in [4.78, 5) is 13.5. The number of hydrogen-bond acceptors (Lipinski definition) is 4. The lowest BCUT2D eigenvalue weighted by Crippen LogP contribution is -2.37. The van der Waals surface area contributed by atoms with Crippen LogP contribution < -0.4 is 16.8 Å². The van der Waals surface area contributed by atoms with E-state index < -0.39 is 5.91 Å². The van der Waals surface area contributed by atoms with Gasteiger partial charge in [-0.25, -0.2) is 0 Å². The summed E-state index contributed by atoms with van der Waals surface area (Å²) in [6.07, 6.45) is 0. The molecule has 0 aliphatic carbocycles. The van der Waals surface area contributed by atoms with Crippen LogP contribution in [0.15, 0.2) is 18.2 Å². The molecule has 0 aliphatic rings. The number of nitrogens with two attached hydrogens (primary N) is 2. The van der Waals surface area contributed by atoms with Gasteiger partial charge < -0.3 is 21.7 Å². The van der Waals surface area contributed by atoms with Gasteiger partial charge in [0.1, 0.15) is 0 Å². The molecule has 1 aromatic rings. The van der Waals surface area contributed by atoms with Gasteiger partial charge >= 0.3 is 0 Å². The molecule has 1 amide bonds. The molecule has 106 valence electrons. The van der Waals surface area contributed by atoms with Gasteiger partial charge in [-0.15, -0.1) is 0 Å². The maximum atomic E-state index is 11.4. The maximum absolute atomic E-state index is 11.4. The Hall–Kier alpha value is -1.75. The molecule has 0 saturated carbocycles. The lowest BCUT2D eigenvalue weighted by atomic mass is 10.0. The Morgan fingerprint density at radius 3 is 2.47 bits per heavy atom. The zero-order valence-corrected chi connectivity index (χ0v) is 12.1. The number of benzene rings is 1. The second-order valence-corrected chi connectivity index (χ2v) is 5.43. The Kier molecular flexibility index (Phi) is 5.18. The zero-order valence-electron chi connectivity index (χ0n) is 12.1. The van der Waals surface area contributed by atoms with Crippen molar-refractivity contribution in [2.75, 3.05) is 31.7 Å². The molecule has 1 aromatic carbocycles. The van der Waals surface area contributed by atoms with E-state index in [1.54, 1.807) is 18.2 Å². The van der Waals surface area contributed by atoms with Gasteiger partial charge in [-0.05, 0) is 38.2 Å². The summed E-state index contributed by atoms with van der Waals surface area (Å²) in [5, 5.41) is 3.38.